The number of carbonyl (C=O) groups excluding carboxylic acids is 1. The molecule has 0 saturated carbocycles. The van der Waals surface area contributed by atoms with E-state index >= 15 is 0 Å². The third-order valence-corrected chi connectivity index (χ3v) is 3.28. The van der Waals surface area contributed by atoms with Crippen molar-refractivity contribution in [1.82, 2.24) is 5.32 Å². The number of amides is 2. The molecule has 8 heteroatoms. The van der Waals surface area contributed by atoms with E-state index in [9.17, 15) is 18.4 Å². The monoisotopic (exact) mass is 364 g/mol. The van der Waals surface area contributed by atoms with Gasteiger partial charge in [-0.1, -0.05) is 0 Å². The molecule has 0 atom stereocenters. The van der Waals surface area contributed by atoms with Gasteiger partial charge in [0.05, 0.1) is 10.2 Å². The maximum absolute atomic E-state index is 13.6. The third-order valence-electron chi connectivity index (χ3n) is 2.67. The van der Waals surface area contributed by atoms with Crippen molar-refractivity contribution in [2.24, 2.45) is 0 Å². The van der Waals surface area contributed by atoms with E-state index < -0.39 is 29.2 Å². The molecule has 0 heterocycles. The van der Waals surface area contributed by atoms with Gasteiger partial charge in [-0.3, -0.25) is 4.79 Å². The first kappa shape index (κ1) is 17.4. The summed E-state index contributed by atoms with van der Waals surface area (Å²) in [6.45, 7) is 3.27. The lowest BCUT2D eigenvalue weighted by Gasteiger charge is -2.25. The summed E-state index contributed by atoms with van der Waals surface area (Å²) >= 11 is 2.83. The lowest BCUT2D eigenvalue weighted by atomic mass is 9.99. The number of nitrogens with one attached hydrogen (secondary N) is 2. The van der Waals surface area contributed by atoms with Crippen LogP contribution in [0.15, 0.2) is 16.6 Å². The number of urea groups is 1. The molecule has 0 aliphatic rings. The molecule has 1 aromatic rings. The minimum absolute atomic E-state index is 0.0484. The zero-order chi connectivity index (χ0) is 16.2. The highest BCUT2D eigenvalue weighted by molar-refractivity contribution is 9.10. The van der Waals surface area contributed by atoms with E-state index in [4.69, 9.17) is 5.11 Å². The molecule has 3 N–H and O–H groups in total. The Kier molecular flexibility index (Phi) is 5.65. The predicted molar refractivity (Wildman–Crippen MR) is 77.2 cm³/mol. The zero-order valence-corrected chi connectivity index (χ0v) is 13.1. The summed E-state index contributed by atoms with van der Waals surface area (Å²) in [5.41, 5.74) is -1.10. The van der Waals surface area contributed by atoms with Crippen LogP contribution in [0.25, 0.3) is 0 Å². The van der Waals surface area contributed by atoms with Crippen molar-refractivity contribution in [2.45, 2.75) is 32.2 Å². The standard InChI is InChI=1S/C13H15BrF2N2O3/c1-13(2,4-3-11(19)20)18-12(21)17-10-6-8(15)7(14)5-9(10)16/h5-6H,3-4H2,1-2H3,(H,19,20)(H2,17,18,21). The van der Waals surface area contributed by atoms with Crippen molar-refractivity contribution < 1.29 is 23.5 Å². The normalized spacial score (nSPS) is 11.1. The van der Waals surface area contributed by atoms with E-state index in [0.29, 0.717) is 0 Å². The topological polar surface area (TPSA) is 78.4 Å². The van der Waals surface area contributed by atoms with Crippen LogP contribution in [0.2, 0.25) is 0 Å². The van der Waals surface area contributed by atoms with Gasteiger partial charge in [-0.05, 0) is 42.3 Å². The van der Waals surface area contributed by atoms with E-state index in [1.807, 2.05) is 0 Å². The number of benzene rings is 1. The molecule has 0 aliphatic carbocycles. The van der Waals surface area contributed by atoms with Crippen molar-refractivity contribution in [1.29, 1.82) is 0 Å². The Labute approximate surface area is 128 Å². The van der Waals surface area contributed by atoms with E-state index in [2.05, 4.69) is 26.6 Å². The van der Waals surface area contributed by atoms with Gasteiger partial charge >= 0.3 is 12.0 Å². The minimum Gasteiger partial charge on any atom is -0.481 e. The van der Waals surface area contributed by atoms with Gasteiger partial charge in [-0.15, -0.1) is 0 Å². The smallest absolute Gasteiger partial charge is 0.319 e. The van der Waals surface area contributed by atoms with E-state index in [0.717, 1.165) is 12.1 Å². The Bertz CT molecular complexity index is 565. The minimum atomic E-state index is -0.980. The van der Waals surface area contributed by atoms with Crippen LogP contribution >= 0.6 is 15.9 Å². The molecule has 0 aromatic heterocycles. The summed E-state index contributed by atoms with van der Waals surface area (Å²) < 4.78 is 26.8. The molecule has 0 spiro atoms. The fraction of sp³-hybridized carbons (Fsp3) is 0.385. The molecule has 0 radical (unpaired) electrons. The lowest BCUT2D eigenvalue weighted by Crippen LogP contribution is -2.45. The second-order valence-electron chi connectivity index (χ2n) is 5.10. The van der Waals surface area contributed by atoms with Crippen LogP contribution in [0.1, 0.15) is 26.7 Å². The predicted octanol–water partition coefficient (Wildman–Crippen LogP) is 3.49. The van der Waals surface area contributed by atoms with Gasteiger partial charge in [-0.25, -0.2) is 13.6 Å². The maximum Gasteiger partial charge on any atom is 0.319 e. The molecule has 0 unspecified atom stereocenters. The summed E-state index contributed by atoms with van der Waals surface area (Å²) in [6, 6.07) is 1.01. The summed E-state index contributed by atoms with van der Waals surface area (Å²) in [5.74, 6) is -2.48. The van der Waals surface area contributed by atoms with E-state index in [-0.39, 0.29) is 23.0 Å². The number of carboxylic acids is 1. The summed E-state index contributed by atoms with van der Waals surface area (Å²) in [5, 5.41) is 13.3. The van der Waals surface area contributed by atoms with Gasteiger partial charge in [0, 0.05) is 18.0 Å². The van der Waals surface area contributed by atoms with Crippen molar-refractivity contribution >= 4 is 33.6 Å². The Morgan fingerprint density at radius 2 is 1.90 bits per heavy atom. The van der Waals surface area contributed by atoms with Gasteiger partial charge in [0.25, 0.3) is 0 Å². The molecule has 2 amide bonds. The van der Waals surface area contributed by atoms with Crippen LogP contribution in [0, 0.1) is 11.6 Å². The van der Waals surface area contributed by atoms with Gasteiger partial charge in [0.1, 0.15) is 11.6 Å². The molecular formula is C13H15BrF2N2O3. The average Bonchev–Trinajstić information content (AvgIpc) is 2.33. The number of carboxylic acid groups (broad SMARTS) is 1. The van der Waals surface area contributed by atoms with E-state index in [1.54, 1.807) is 13.8 Å². The molecule has 5 nitrogen and oxygen atoms in total. The van der Waals surface area contributed by atoms with Gasteiger partial charge in [-0.2, -0.15) is 0 Å². The Morgan fingerprint density at radius 1 is 1.29 bits per heavy atom. The third kappa shape index (κ3) is 5.66. The number of hydrogen-bond donors (Lipinski definition) is 3. The Balaban J connectivity index is 2.69. The second kappa shape index (κ2) is 6.84. The van der Waals surface area contributed by atoms with Crippen molar-refractivity contribution in [3.05, 3.63) is 28.2 Å². The second-order valence-corrected chi connectivity index (χ2v) is 5.96. The van der Waals surface area contributed by atoms with Crippen molar-refractivity contribution in [2.75, 3.05) is 5.32 Å². The first-order valence-electron chi connectivity index (χ1n) is 6.06. The number of hydrogen-bond acceptors (Lipinski definition) is 2. The van der Waals surface area contributed by atoms with Crippen LogP contribution in [0.5, 0.6) is 0 Å². The van der Waals surface area contributed by atoms with Crippen LogP contribution < -0.4 is 10.6 Å². The molecule has 1 rings (SSSR count). The van der Waals surface area contributed by atoms with Crippen molar-refractivity contribution in [3.63, 3.8) is 0 Å². The highest BCUT2D eigenvalue weighted by Crippen LogP contribution is 2.23. The number of rotatable bonds is 5. The molecule has 0 aliphatic heterocycles. The maximum atomic E-state index is 13.6. The number of aliphatic carboxylic acids is 1. The fourth-order valence-electron chi connectivity index (χ4n) is 1.56. The SMILES string of the molecule is CC(C)(CCC(=O)O)NC(=O)Nc1cc(F)c(Br)cc1F. The molecular weight excluding hydrogens is 350 g/mol. The van der Waals surface area contributed by atoms with E-state index in [1.165, 1.54) is 0 Å². The summed E-state index contributed by atoms with van der Waals surface area (Å²) in [7, 11) is 0. The highest BCUT2D eigenvalue weighted by atomic mass is 79.9. The average molecular weight is 365 g/mol. The molecule has 0 bridgehead atoms. The first-order valence-corrected chi connectivity index (χ1v) is 6.85. The first-order chi connectivity index (χ1) is 9.60. The molecule has 116 valence electrons. The quantitative estimate of drug-likeness (QED) is 0.699. The highest BCUT2D eigenvalue weighted by Gasteiger charge is 2.22. The summed E-state index contributed by atoms with van der Waals surface area (Å²) in [6.07, 6.45) is 0.0848. The fourth-order valence-corrected chi connectivity index (χ4v) is 1.88. The number of anilines is 1. The zero-order valence-electron chi connectivity index (χ0n) is 11.5. The van der Waals surface area contributed by atoms with Crippen LogP contribution in [0.3, 0.4) is 0 Å². The Morgan fingerprint density at radius 3 is 2.48 bits per heavy atom. The van der Waals surface area contributed by atoms with Gasteiger partial charge in [0.2, 0.25) is 0 Å². The van der Waals surface area contributed by atoms with Crippen molar-refractivity contribution in [3.8, 4) is 0 Å². The molecule has 1 aromatic carbocycles. The lowest BCUT2D eigenvalue weighted by molar-refractivity contribution is -0.137. The molecule has 21 heavy (non-hydrogen) atoms. The molecule has 0 fully saturated rings. The van der Waals surface area contributed by atoms with Gasteiger partial charge in [0.15, 0.2) is 0 Å². The largest absolute Gasteiger partial charge is 0.481 e. The van der Waals surface area contributed by atoms with Crippen LogP contribution in [0.4, 0.5) is 19.3 Å². The Hall–Kier alpha value is -1.70. The van der Waals surface area contributed by atoms with Crippen LogP contribution in [-0.2, 0) is 4.79 Å². The number of carbonyl (C=O) groups is 2. The number of halogens is 3. The van der Waals surface area contributed by atoms with Gasteiger partial charge < -0.3 is 15.7 Å². The van der Waals surface area contributed by atoms with Crippen LogP contribution in [-0.4, -0.2) is 22.6 Å². The summed E-state index contributed by atoms with van der Waals surface area (Å²) in [4.78, 5) is 22.3. The molecule has 0 saturated heterocycles.